The first-order chi connectivity index (χ1) is 6.50. The van der Waals surface area contributed by atoms with E-state index in [1.54, 1.807) is 0 Å². The first-order valence-electron chi connectivity index (χ1n) is 3.86. The number of benzene rings is 1. The van der Waals surface area contributed by atoms with Crippen molar-refractivity contribution in [2.75, 3.05) is 0 Å². The van der Waals surface area contributed by atoms with Crippen LogP contribution in [0.25, 0.3) is 0 Å². The largest absolute Gasteiger partial charge is 0.481 e. The number of aliphatic carboxylic acids is 1. The minimum absolute atomic E-state index is 0.0161. The Labute approximate surface area is 93.8 Å². The second-order valence-electron chi connectivity index (χ2n) is 2.75. The van der Waals surface area contributed by atoms with Crippen molar-refractivity contribution in [3.05, 3.63) is 33.0 Å². The minimum atomic E-state index is -0.901. The van der Waals surface area contributed by atoms with Crippen LogP contribution in [0.15, 0.2) is 16.6 Å². The summed E-state index contributed by atoms with van der Waals surface area (Å²) in [6.07, 6.45) is 0.283. The molecule has 1 aromatic rings. The lowest BCUT2D eigenvalue weighted by molar-refractivity contribution is -0.136. The molecule has 1 rings (SSSR count). The van der Waals surface area contributed by atoms with Gasteiger partial charge in [-0.25, -0.2) is 4.39 Å². The third kappa shape index (κ3) is 2.96. The summed E-state index contributed by atoms with van der Waals surface area (Å²) in [7, 11) is 0. The van der Waals surface area contributed by atoms with Crippen LogP contribution in [0.3, 0.4) is 0 Å². The molecule has 0 fully saturated rings. The number of halogens is 3. The van der Waals surface area contributed by atoms with Crippen LogP contribution in [0.1, 0.15) is 12.0 Å². The van der Waals surface area contributed by atoms with Crippen LogP contribution in [0.4, 0.5) is 4.39 Å². The monoisotopic (exact) mass is 280 g/mol. The SMILES string of the molecule is O=C(O)CCc1cc(Br)c(F)cc1Cl. The first-order valence-corrected chi connectivity index (χ1v) is 5.03. The molecule has 76 valence electrons. The molecule has 0 saturated carbocycles. The summed E-state index contributed by atoms with van der Waals surface area (Å²) in [6.45, 7) is 0. The van der Waals surface area contributed by atoms with Gasteiger partial charge in [0, 0.05) is 11.4 Å². The highest BCUT2D eigenvalue weighted by atomic mass is 79.9. The molecule has 0 aliphatic rings. The normalized spacial score (nSPS) is 10.2. The Balaban J connectivity index is 2.87. The molecular weight excluding hydrogens is 274 g/mol. The second-order valence-corrected chi connectivity index (χ2v) is 4.01. The van der Waals surface area contributed by atoms with Crippen molar-refractivity contribution in [3.8, 4) is 0 Å². The van der Waals surface area contributed by atoms with E-state index in [0.717, 1.165) is 0 Å². The highest BCUT2D eigenvalue weighted by Crippen LogP contribution is 2.25. The number of carboxylic acids is 1. The average Bonchev–Trinajstić information content (AvgIpc) is 2.09. The predicted molar refractivity (Wildman–Crippen MR) is 55.1 cm³/mol. The minimum Gasteiger partial charge on any atom is -0.481 e. The Morgan fingerprint density at radius 1 is 1.57 bits per heavy atom. The van der Waals surface area contributed by atoms with Crippen LogP contribution in [-0.4, -0.2) is 11.1 Å². The van der Waals surface area contributed by atoms with Gasteiger partial charge in [0.1, 0.15) is 5.82 Å². The molecule has 0 aliphatic carbocycles. The van der Waals surface area contributed by atoms with Crippen LogP contribution in [0.5, 0.6) is 0 Å². The summed E-state index contributed by atoms with van der Waals surface area (Å²) in [5.41, 5.74) is 0.627. The number of carboxylic acid groups (broad SMARTS) is 1. The van der Waals surface area contributed by atoms with E-state index in [2.05, 4.69) is 15.9 Å². The summed E-state index contributed by atoms with van der Waals surface area (Å²) in [4.78, 5) is 10.3. The van der Waals surface area contributed by atoms with Crippen molar-refractivity contribution in [2.45, 2.75) is 12.8 Å². The molecular formula is C9H7BrClFO2. The van der Waals surface area contributed by atoms with E-state index >= 15 is 0 Å². The smallest absolute Gasteiger partial charge is 0.303 e. The van der Waals surface area contributed by atoms with E-state index in [1.807, 2.05) is 0 Å². The topological polar surface area (TPSA) is 37.3 Å². The zero-order valence-electron chi connectivity index (χ0n) is 7.06. The van der Waals surface area contributed by atoms with E-state index in [4.69, 9.17) is 16.7 Å². The molecule has 0 heterocycles. The third-order valence-electron chi connectivity index (χ3n) is 1.70. The van der Waals surface area contributed by atoms with Crippen molar-refractivity contribution in [2.24, 2.45) is 0 Å². The standard InChI is InChI=1S/C9H7BrClFO2/c10-6-3-5(1-2-9(13)14)7(11)4-8(6)12/h3-4H,1-2H2,(H,13,14). The molecule has 0 aromatic heterocycles. The molecule has 5 heteroatoms. The number of hydrogen-bond acceptors (Lipinski definition) is 1. The van der Waals surface area contributed by atoms with E-state index < -0.39 is 11.8 Å². The molecule has 0 saturated heterocycles. The molecule has 0 amide bonds. The molecule has 14 heavy (non-hydrogen) atoms. The quantitative estimate of drug-likeness (QED) is 0.864. The maximum atomic E-state index is 12.9. The Hall–Kier alpha value is -0.610. The van der Waals surface area contributed by atoms with E-state index in [-0.39, 0.29) is 11.4 Å². The Bertz CT molecular complexity index is 368. The fourth-order valence-corrected chi connectivity index (χ4v) is 1.63. The highest BCUT2D eigenvalue weighted by molar-refractivity contribution is 9.10. The highest BCUT2D eigenvalue weighted by Gasteiger charge is 2.08. The van der Waals surface area contributed by atoms with Gasteiger partial charge in [0.25, 0.3) is 0 Å². The van der Waals surface area contributed by atoms with Gasteiger partial charge in [-0.05, 0) is 40.0 Å². The maximum Gasteiger partial charge on any atom is 0.303 e. The van der Waals surface area contributed by atoms with Crippen LogP contribution < -0.4 is 0 Å². The van der Waals surface area contributed by atoms with Crippen LogP contribution in [0.2, 0.25) is 5.02 Å². The molecule has 0 spiro atoms. The lowest BCUT2D eigenvalue weighted by Crippen LogP contribution is -1.98. The Kier molecular flexibility index (Phi) is 3.89. The van der Waals surface area contributed by atoms with Gasteiger partial charge in [0.15, 0.2) is 0 Å². The maximum absolute atomic E-state index is 12.9. The Morgan fingerprint density at radius 2 is 2.21 bits per heavy atom. The first kappa shape index (κ1) is 11.5. The summed E-state index contributed by atoms with van der Waals surface area (Å²) in [5.74, 6) is -1.35. The van der Waals surface area contributed by atoms with E-state index in [0.29, 0.717) is 16.5 Å². The molecule has 2 nitrogen and oxygen atoms in total. The van der Waals surface area contributed by atoms with Gasteiger partial charge in [-0.15, -0.1) is 0 Å². The molecule has 0 bridgehead atoms. The lowest BCUT2D eigenvalue weighted by Gasteiger charge is -2.03. The fourth-order valence-electron chi connectivity index (χ4n) is 0.997. The van der Waals surface area contributed by atoms with Crippen LogP contribution in [0, 0.1) is 5.82 Å². The molecule has 0 radical (unpaired) electrons. The van der Waals surface area contributed by atoms with Crippen molar-refractivity contribution < 1.29 is 14.3 Å². The number of carbonyl (C=O) groups is 1. The predicted octanol–water partition coefficient (Wildman–Crippen LogP) is 3.26. The van der Waals surface area contributed by atoms with Crippen molar-refractivity contribution in [1.29, 1.82) is 0 Å². The van der Waals surface area contributed by atoms with Gasteiger partial charge < -0.3 is 5.11 Å². The summed E-state index contributed by atoms with van der Waals surface area (Å²) >= 11 is 8.74. The molecule has 0 aliphatic heterocycles. The van der Waals surface area contributed by atoms with Crippen LogP contribution >= 0.6 is 27.5 Å². The summed E-state index contributed by atoms with van der Waals surface area (Å²) in [6, 6.07) is 2.67. The van der Waals surface area contributed by atoms with Gasteiger partial charge >= 0.3 is 5.97 Å². The lowest BCUT2D eigenvalue weighted by atomic mass is 10.1. The Morgan fingerprint density at radius 3 is 2.79 bits per heavy atom. The zero-order chi connectivity index (χ0) is 10.7. The molecule has 0 atom stereocenters. The third-order valence-corrected chi connectivity index (χ3v) is 2.66. The van der Waals surface area contributed by atoms with Gasteiger partial charge in [-0.2, -0.15) is 0 Å². The van der Waals surface area contributed by atoms with Gasteiger partial charge in [-0.3, -0.25) is 4.79 Å². The van der Waals surface area contributed by atoms with E-state index in [9.17, 15) is 9.18 Å². The summed E-state index contributed by atoms with van der Waals surface area (Å²) in [5, 5.41) is 8.72. The number of rotatable bonds is 3. The number of hydrogen-bond donors (Lipinski definition) is 1. The molecule has 1 aromatic carbocycles. The van der Waals surface area contributed by atoms with E-state index in [1.165, 1.54) is 12.1 Å². The molecule has 1 N–H and O–H groups in total. The second kappa shape index (κ2) is 4.75. The molecule has 0 unspecified atom stereocenters. The van der Waals surface area contributed by atoms with Crippen molar-refractivity contribution in [1.82, 2.24) is 0 Å². The van der Waals surface area contributed by atoms with Gasteiger partial charge in [-0.1, -0.05) is 11.6 Å². The van der Waals surface area contributed by atoms with Crippen LogP contribution in [-0.2, 0) is 11.2 Å². The van der Waals surface area contributed by atoms with Gasteiger partial charge in [0.2, 0.25) is 0 Å². The van der Waals surface area contributed by atoms with Crippen molar-refractivity contribution in [3.63, 3.8) is 0 Å². The summed E-state index contributed by atoms with van der Waals surface area (Å²) < 4.78 is 13.2. The fraction of sp³-hybridized carbons (Fsp3) is 0.222. The zero-order valence-corrected chi connectivity index (χ0v) is 9.40. The van der Waals surface area contributed by atoms with Gasteiger partial charge in [0.05, 0.1) is 4.47 Å². The number of aryl methyl sites for hydroxylation is 1. The van der Waals surface area contributed by atoms with Crippen molar-refractivity contribution >= 4 is 33.5 Å². The average molecular weight is 282 g/mol.